The van der Waals surface area contributed by atoms with E-state index in [0.717, 1.165) is 35.9 Å². The molecular formula is C20H34FIN4S. The molecule has 0 bridgehead atoms. The lowest BCUT2D eigenvalue weighted by molar-refractivity contribution is 0.324. The van der Waals surface area contributed by atoms with Gasteiger partial charge in [-0.25, -0.2) is 9.38 Å². The van der Waals surface area contributed by atoms with E-state index in [-0.39, 0.29) is 29.8 Å². The van der Waals surface area contributed by atoms with Crippen molar-refractivity contribution in [3.63, 3.8) is 0 Å². The molecule has 0 aromatic heterocycles. The normalized spacial score (nSPS) is 17.6. The summed E-state index contributed by atoms with van der Waals surface area (Å²) in [7, 11) is 0. The maximum absolute atomic E-state index is 13.5. The van der Waals surface area contributed by atoms with E-state index >= 15 is 0 Å². The molecule has 1 aromatic carbocycles. The molecule has 0 spiro atoms. The SMILES string of the molecule is CCCN1CCC(CNC(=NCc2ccc(F)cc2CSC)NCC)C1.I. The minimum atomic E-state index is -0.176. The molecule has 0 radical (unpaired) electrons. The molecular weight excluding hydrogens is 474 g/mol. The van der Waals surface area contributed by atoms with Crippen molar-refractivity contribution < 1.29 is 4.39 Å². The van der Waals surface area contributed by atoms with Crippen molar-refractivity contribution in [1.29, 1.82) is 0 Å². The molecule has 1 aliphatic heterocycles. The number of hydrogen-bond acceptors (Lipinski definition) is 3. The van der Waals surface area contributed by atoms with E-state index in [9.17, 15) is 4.39 Å². The quantitative estimate of drug-likeness (QED) is 0.300. The highest BCUT2D eigenvalue weighted by atomic mass is 127. The smallest absolute Gasteiger partial charge is 0.191 e. The first-order valence-electron chi connectivity index (χ1n) is 9.67. The molecule has 1 fully saturated rings. The third-order valence-corrected chi connectivity index (χ3v) is 5.29. The van der Waals surface area contributed by atoms with Crippen LogP contribution in [0.1, 0.15) is 37.8 Å². The van der Waals surface area contributed by atoms with E-state index in [2.05, 4.69) is 29.4 Å². The molecule has 1 atom stereocenters. The summed E-state index contributed by atoms with van der Waals surface area (Å²) < 4.78 is 13.5. The van der Waals surface area contributed by atoms with Crippen LogP contribution >= 0.6 is 35.7 Å². The molecule has 4 nitrogen and oxygen atoms in total. The number of guanidine groups is 1. The molecule has 1 heterocycles. The van der Waals surface area contributed by atoms with Gasteiger partial charge < -0.3 is 15.5 Å². The Labute approximate surface area is 185 Å². The summed E-state index contributed by atoms with van der Waals surface area (Å²) in [6.07, 6.45) is 4.51. The Morgan fingerprint density at radius 1 is 1.30 bits per heavy atom. The van der Waals surface area contributed by atoms with Crippen LogP contribution in [0.3, 0.4) is 0 Å². The predicted molar refractivity (Wildman–Crippen MR) is 127 cm³/mol. The van der Waals surface area contributed by atoms with Crippen molar-refractivity contribution in [2.45, 2.75) is 39.0 Å². The van der Waals surface area contributed by atoms with Gasteiger partial charge in [-0.3, -0.25) is 0 Å². The number of halogens is 2. The van der Waals surface area contributed by atoms with Crippen molar-refractivity contribution in [3.8, 4) is 0 Å². The van der Waals surface area contributed by atoms with Gasteiger partial charge in [-0.05, 0) is 68.3 Å². The molecule has 1 aliphatic rings. The Hall–Kier alpha value is -0.540. The maximum atomic E-state index is 13.5. The first-order valence-corrected chi connectivity index (χ1v) is 11.1. The number of nitrogens with zero attached hydrogens (tertiary/aromatic N) is 2. The highest BCUT2D eigenvalue weighted by molar-refractivity contribution is 14.0. The molecule has 0 amide bonds. The number of likely N-dealkylation sites (tertiary alicyclic amines) is 1. The summed E-state index contributed by atoms with van der Waals surface area (Å²) in [5.74, 6) is 2.16. The summed E-state index contributed by atoms with van der Waals surface area (Å²) >= 11 is 1.70. The Kier molecular flexibility index (Phi) is 12.3. The number of nitrogens with one attached hydrogen (secondary N) is 2. The van der Waals surface area contributed by atoms with E-state index in [0.29, 0.717) is 12.5 Å². The Morgan fingerprint density at radius 3 is 2.81 bits per heavy atom. The molecule has 2 N–H and O–H groups in total. The van der Waals surface area contributed by atoms with Gasteiger partial charge in [0.2, 0.25) is 0 Å². The summed E-state index contributed by atoms with van der Waals surface area (Å²) in [6.45, 7) is 10.3. The second-order valence-corrected chi connectivity index (χ2v) is 7.74. The number of benzene rings is 1. The van der Waals surface area contributed by atoms with Crippen LogP contribution in [0.2, 0.25) is 0 Å². The van der Waals surface area contributed by atoms with Crippen molar-refractivity contribution in [1.82, 2.24) is 15.5 Å². The maximum Gasteiger partial charge on any atom is 0.191 e. The Bertz CT molecular complexity index is 585. The fraction of sp³-hybridized carbons (Fsp3) is 0.650. The zero-order valence-corrected chi connectivity index (χ0v) is 19.9. The summed E-state index contributed by atoms with van der Waals surface area (Å²) in [5.41, 5.74) is 2.12. The van der Waals surface area contributed by atoms with Gasteiger partial charge in [0.15, 0.2) is 5.96 Å². The van der Waals surface area contributed by atoms with Crippen molar-refractivity contribution >= 4 is 41.7 Å². The molecule has 1 aromatic rings. The van der Waals surface area contributed by atoms with E-state index in [1.165, 1.54) is 38.5 Å². The molecule has 0 aliphatic carbocycles. The van der Waals surface area contributed by atoms with Gasteiger partial charge in [-0.15, -0.1) is 24.0 Å². The lowest BCUT2D eigenvalue weighted by Crippen LogP contribution is -2.40. The minimum absolute atomic E-state index is 0. The predicted octanol–water partition coefficient (Wildman–Crippen LogP) is 4.09. The third-order valence-electron chi connectivity index (χ3n) is 4.69. The van der Waals surface area contributed by atoms with Crippen LogP contribution in [0.5, 0.6) is 0 Å². The van der Waals surface area contributed by atoms with Crippen LogP contribution in [0.4, 0.5) is 4.39 Å². The Morgan fingerprint density at radius 2 is 2.11 bits per heavy atom. The minimum Gasteiger partial charge on any atom is -0.357 e. The first-order chi connectivity index (χ1) is 12.7. The zero-order valence-electron chi connectivity index (χ0n) is 16.8. The summed E-state index contributed by atoms with van der Waals surface area (Å²) in [4.78, 5) is 7.27. The third kappa shape index (κ3) is 8.56. The molecule has 1 unspecified atom stereocenters. The van der Waals surface area contributed by atoms with Crippen LogP contribution in [0.25, 0.3) is 0 Å². The van der Waals surface area contributed by atoms with Gasteiger partial charge >= 0.3 is 0 Å². The van der Waals surface area contributed by atoms with Crippen LogP contribution in [0, 0.1) is 11.7 Å². The highest BCUT2D eigenvalue weighted by Gasteiger charge is 2.21. The van der Waals surface area contributed by atoms with Gasteiger partial charge in [0.25, 0.3) is 0 Å². The second kappa shape index (κ2) is 13.6. The number of thioether (sulfide) groups is 1. The average molecular weight is 508 g/mol. The molecule has 2 rings (SSSR count). The standard InChI is InChI=1S/C20H33FN4S.HI/c1-4-9-25-10-8-16(14-25)12-23-20(22-5-2)24-13-17-6-7-19(21)11-18(17)15-26-3;/h6-7,11,16H,4-5,8-10,12-15H2,1-3H3,(H2,22,23,24);1H. The van der Waals surface area contributed by atoms with E-state index < -0.39 is 0 Å². The van der Waals surface area contributed by atoms with Gasteiger partial charge in [0.1, 0.15) is 5.82 Å². The fourth-order valence-electron chi connectivity index (χ4n) is 3.38. The van der Waals surface area contributed by atoms with E-state index in [4.69, 9.17) is 4.99 Å². The first kappa shape index (κ1) is 24.5. The molecule has 27 heavy (non-hydrogen) atoms. The monoisotopic (exact) mass is 508 g/mol. The second-order valence-electron chi connectivity index (χ2n) is 6.88. The van der Waals surface area contributed by atoms with E-state index in [1.54, 1.807) is 17.8 Å². The van der Waals surface area contributed by atoms with Gasteiger partial charge in [-0.1, -0.05) is 13.0 Å². The Balaban J connectivity index is 0.00000364. The molecule has 7 heteroatoms. The van der Waals surface area contributed by atoms with Crippen molar-refractivity contribution in [2.75, 3.05) is 39.0 Å². The highest BCUT2D eigenvalue weighted by Crippen LogP contribution is 2.18. The number of rotatable bonds is 9. The summed E-state index contributed by atoms with van der Waals surface area (Å²) in [6, 6.07) is 5.01. The number of hydrogen-bond donors (Lipinski definition) is 2. The van der Waals surface area contributed by atoms with Crippen LogP contribution < -0.4 is 10.6 Å². The molecule has 0 saturated carbocycles. The van der Waals surface area contributed by atoms with Gasteiger partial charge in [0.05, 0.1) is 6.54 Å². The molecule has 154 valence electrons. The van der Waals surface area contributed by atoms with Gasteiger partial charge in [0, 0.05) is 25.4 Å². The van der Waals surface area contributed by atoms with Gasteiger partial charge in [-0.2, -0.15) is 11.8 Å². The lowest BCUT2D eigenvalue weighted by atomic mass is 10.1. The van der Waals surface area contributed by atoms with Crippen LogP contribution in [-0.4, -0.2) is 49.8 Å². The van der Waals surface area contributed by atoms with Crippen LogP contribution in [0.15, 0.2) is 23.2 Å². The largest absolute Gasteiger partial charge is 0.357 e. The van der Waals surface area contributed by atoms with Crippen molar-refractivity contribution in [2.24, 2.45) is 10.9 Å². The zero-order chi connectivity index (χ0) is 18.8. The lowest BCUT2D eigenvalue weighted by Gasteiger charge is -2.17. The summed E-state index contributed by atoms with van der Waals surface area (Å²) in [5, 5.41) is 6.81. The average Bonchev–Trinajstić information content (AvgIpc) is 3.07. The topological polar surface area (TPSA) is 39.7 Å². The number of aliphatic imine (C=N–C) groups is 1. The fourth-order valence-corrected chi connectivity index (χ4v) is 3.96. The van der Waals surface area contributed by atoms with Crippen LogP contribution in [-0.2, 0) is 12.3 Å². The van der Waals surface area contributed by atoms with E-state index in [1.807, 2.05) is 12.3 Å². The molecule has 1 saturated heterocycles. The van der Waals surface area contributed by atoms with Crippen molar-refractivity contribution in [3.05, 3.63) is 35.1 Å².